The summed E-state index contributed by atoms with van der Waals surface area (Å²) in [6.07, 6.45) is 5.15. The number of rotatable bonds is 4. The summed E-state index contributed by atoms with van der Waals surface area (Å²) in [5, 5.41) is 4.59. The molecule has 0 saturated heterocycles. The number of hydrogen-bond donors (Lipinski definition) is 1. The number of hydrogen-bond acceptors (Lipinski definition) is 1. The molecule has 3 unspecified atom stereocenters. The zero-order valence-electron chi connectivity index (χ0n) is 10.7. The normalized spacial score (nSPS) is 26.1. The molecule has 0 radical (unpaired) electrons. The van der Waals surface area contributed by atoms with Crippen molar-refractivity contribution >= 4 is 11.6 Å². The monoisotopic (exact) mass is 251 g/mol. The van der Waals surface area contributed by atoms with Gasteiger partial charge in [0.25, 0.3) is 0 Å². The van der Waals surface area contributed by atoms with Crippen LogP contribution in [0.2, 0.25) is 5.02 Å². The van der Waals surface area contributed by atoms with Crippen molar-refractivity contribution in [2.75, 3.05) is 0 Å². The highest BCUT2D eigenvalue weighted by atomic mass is 35.5. The van der Waals surface area contributed by atoms with Crippen LogP contribution in [0.4, 0.5) is 0 Å². The molecule has 1 nitrogen and oxygen atoms in total. The fraction of sp³-hybridized carbons (Fsp3) is 0.600. The van der Waals surface area contributed by atoms with Crippen molar-refractivity contribution in [1.29, 1.82) is 0 Å². The van der Waals surface area contributed by atoms with Gasteiger partial charge in [-0.1, -0.05) is 37.1 Å². The van der Waals surface area contributed by atoms with E-state index in [-0.39, 0.29) is 0 Å². The van der Waals surface area contributed by atoms with Crippen molar-refractivity contribution in [1.82, 2.24) is 5.32 Å². The summed E-state index contributed by atoms with van der Waals surface area (Å²) < 4.78 is 0. The van der Waals surface area contributed by atoms with Gasteiger partial charge in [0, 0.05) is 17.1 Å². The molecule has 1 N–H and O–H groups in total. The van der Waals surface area contributed by atoms with E-state index in [0.29, 0.717) is 12.1 Å². The Morgan fingerprint density at radius 3 is 2.88 bits per heavy atom. The molecule has 0 bridgehead atoms. The Hall–Kier alpha value is -0.530. The Balaban J connectivity index is 1.86. The SMILES string of the molecule is CC(Cc1cccc(Cl)c1)NC1CCCC1C. The maximum atomic E-state index is 6.00. The van der Waals surface area contributed by atoms with Gasteiger partial charge in [0.15, 0.2) is 0 Å². The minimum Gasteiger partial charge on any atom is -0.311 e. The summed E-state index contributed by atoms with van der Waals surface area (Å²) in [6.45, 7) is 4.63. The van der Waals surface area contributed by atoms with Crippen molar-refractivity contribution in [2.24, 2.45) is 5.92 Å². The molecule has 2 rings (SSSR count). The van der Waals surface area contributed by atoms with Crippen LogP contribution in [0.15, 0.2) is 24.3 Å². The number of nitrogens with one attached hydrogen (secondary N) is 1. The molecule has 1 aromatic rings. The third-order valence-electron chi connectivity index (χ3n) is 3.79. The highest BCUT2D eigenvalue weighted by Crippen LogP contribution is 2.25. The third kappa shape index (κ3) is 3.72. The van der Waals surface area contributed by atoms with E-state index in [0.717, 1.165) is 17.4 Å². The molecule has 0 heterocycles. The predicted molar refractivity (Wildman–Crippen MR) is 74.6 cm³/mol. The second-order valence-corrected chi connectivity index (χ2v) is 5.85. The topological polar surface area (TPSA) is 12.0 Å². The maximum absolute atomic E-state index is 6.00. The third-order valence-corrected chi connectivity index (χ3v) is 4.03. The summed E-state index contributed by atoms with van der Waals surface area (Å²) in [7, 11) is 0. The van der Waals surface area contributed by atoms with Gasteiger partial charge in [0.05, 0.1) is 0 Å². The van der Waals surface area contributed by atoms with Gasteiger partial charge >= 0.3 is 0 Å². The Kier molecular flexibility index (Phi) is 4.47. The lowest BCUT2D eigenvalue weighted by Gasteiger charge is -2.23. The maximum Gasteiger partial charge on any atom is 0.0408 e. The van der Waals surface area contributed by atoms with E-state index >= 15 is 0 Å². The first kappa shape index (κ1) is 12.9. The van der Waals surface area contributed by atoms with E-state index < -0.39 is 0 Å². The highest BCUT2D eigenvalue weighted by Gasteiger charge is 2.24. The smallest absolute Gasteiger partial charge is 0.0408 e. The van der Waals surface area contributed by atoms with Crippen LogP contribution in [-0.2, 0) is 6.42 Å². The molecule has 1 aliphatic carbocycles. The van der Waals surface area contributed by atoms with Gasteiger partial charge in [-0.15, -0.1) is 0 Å². The van der Waals surface area contributed by atoms with Crippen molar-refractivity contribution in [3.05, 3.63) is 34.9 Å². The quantitative estimate of drug-likeness (QED) is 0.851. The Labute approximate surface area is 110 Å². The van der Waals surface area contributed by atoms with Crippen LogP contribution in [0.3, 0.4) is 0 Å². The van der Waals surface area contributed by atoms with Gasteiger partial charge in [-0.2, -0.15) is 0 Å². The van der Waals surface area contributed by atoms with Crippen LogP contribution in [-0.4, -0.2) is 12.1 Å². The fourth-order valence-corrected chi connectivity index (χ4v) is 3.05. The molecule has 1 fully saturated rings. The van der Waals surface area contributed by atoms with Crippen LogP contribution in [0.5, 0.6) is 0 Å². The lowest BCUT2D eigenvalue weighted by atomic mass is 10.0. The van der Waals surface area contributed by atoms with Crippen LogP contribution in [0.1, 0.15) is 38.7 Å². The van der Waals surface area contributed by atoms with E-state index in [2.05, 4.69) is 31.3 Å². The van der Waals surface area contributed by atoms with Gasteiger partial charge in [-0.25, -0.2) is 0 Å². The molecule has 17 heavy (non-hydrogen) atoms. The Morgan fingerprint density at radius 1 is 1.41 bits per heavy atom. The van der Waals surface area contributed by atoms with Crippen LogP contribution < -0.4 is 5.32 Å². The molecule has 3 atom stereocenters. The first-order valence-corrected chi connectivity index (χ1v) is 7.03. The highest BCUT2D eigenvalue weighted by molar-refractivity contribution is 6.30. The zero-order valence-corrected chi connectivity index (χ0v) is 11.5. The molecule has 0 amide bonds. The second kappa shape index (κ2) is 5.88. The molecule has 0 aliphatic heterocycles. The minimum atomic E-state index is 0.527. The van der Waals surface area contributed by atoms with Crippen molar-refractivity contribution in [2.45, 2.75) is 51.6 Å². The van der Waals surface area contributed by atoms with Crippen molar-refractivity contribution in [3.8, 4) is 0 Å². The molecule has 0 spiro atoms. The molecule has 1 saturated carbocycles. The average Bonchev–Trinajstić information content (AvgIpc) is 2.64. The van der Waals surface area contributed by atoms with Gasteiger partial charge < -0.3 is 5.32 Å². The molecule has 2 heteroatoms. The first-order valence-electron chi connectivity index (χ1n) is 6.65. The summed E-state index contributed by atoms with van der Waals surface area (Å²) in [5.74, 6) is 0.830. The van der Waals surface area contributed by atoms with Gasteiger partial charge in [0.2, 0.25) is 0 Å². The molecule has 94 valence electrons. The average molecular weight is 252 g/mol. The number of benzene rings is 1. The molecule has 1 aromatic carbocycles. The lowest BCUT2D eigenvalue weighted by molar-refractivity contribution is 0.382. The molecular weight excluding hydrogens is 230 g/mol. The largest absolute Gasteiger partial charge is 0.311 e. The fourth-order valence-electron chi connectivity index (χ4n) is 2.83. The van der Waals surface area contributed by atoms with Crippen LogP contribution in [0, 0.1) is 5.92 Å². The molecule has 0 aromatic heterocycles. The van der Waals surface area contributed by atoms with E-state index in [9.17, 15) is 0 Å². The lowest BCUT2D eigenvalue weighted by Crippen LogP contribution is -2.39. The summed E-state index contributed by atoms with van der Waals surface area (Å²) >= 11 is 6.00. The van der Waals surface area contributed by atoms with E-state index in [1.54, 1.807) is 0 Å². The van der Waals surface area contributed by atoms with Gasteiger partial charge in [-0.3, -0.25) is 0 Å². The number of halogens is 1. The zero-order chi connectivity index (χ0) is 12.3. The minimum absolute atomic E-state index is 0.527. The van der Waals surface area contributed by atoms with Gasteiger partial charge in [-0.05, 0) is 49.8 Å². The van der Waals surface area contributed by atoms with Crippen molar-refractivity contribution < 1.29 is 0 Å². The standard InChI is InChI=1S/C15H22ClN/c1-11-5-3-8-15(11)17-12(2)9-13-6-4-7-14(16)10-13/h4,6-7,10-12,15,17H,3,5,8-9H2,1-2H3. The van der Waals surface area contributed by atoms with Crippen molar-refractivity contribution in [3.63, 3.8) is 0 Å². The van der Waals surface area contributed by atoms with Crippen LogP contribution >= 0.6 is 11.6 Å². The Bertz CT molecular complexity index is 364. The molecular formula is C15H22ClN. The van der Waals surface area contributed by atoms with Gasteiger partial charge in [0.1, 0.15) is 0 Å². The molecule has 1 aliphatic rings. The summed E-state index contributed by atoms with van der Waals surface area (Å²) in [4.78, 5) is 0. The van der Waals surface area contributed by atoms with E-state index in [4.69, 9.17) is 11.6 Å². The predicted octanol–water partition coefficient (Wildman–Crippen LogP) is 4.05. The van der Waals surface area contributed by atoms with E-state index in [1.165, 1.54) is 24.8 Å². The Morgan fingerprint density at radius 2 is 2.24 bits per heavy atom. The summed E-state index contributed by atoms with van der Waals surface area (Å²) in [6, 6.07) is 9.42. The van der Waals surface area contributed by atoms with Crippen LogP contribution in [0.25, 0.3) is 0 Å². The summed E-state index contributed by atoms with van der Waals surface area (Å²) in [5.41, 5.74) is 1.32. The second-order valence-electron chi connectivity index (χ2n) is 5.42. The van der Waals surface area contributed by atoms with E-state index in [1.807, 2.05) is 12.1 Å². The first-order chi connectivity index (χ1) is 8.15.